The zero-order chi connectivity index (χ0) is 19.3. The normalized spacial score (nSPS) is 11.0. The summed E-state index contributed by atoms with van der Waals surface area (Å²) in [5.74, 6) is 2.22. The molecule has 2 rings (SSSR count). The van der Waals surface area contributed by atoms with Gasteiger partial charge >= 0.3 is 0 Å². The van der Waals surface area contributed by atoms with Crippen LogP contribution in [-0.2, 0) is 0 Å². The van der Waals surface area contributed by atoms with E-state index in [2.05, 4.69) is 0 Å². The number of hydrogen-bond donors (Lipinski definition) is 0. The standard InChI is InChI=1S/C20H25O5P.Li/c1-20(2,3)25-13-7-9-15(10-8-13)26-19(21)18-16(23-5)11-14(22-4)12-17(18)24-6;/h7-12,26H,1-6H3;. The van der Waals surface area contributed by atoms with Crippen molar-refractivity contribution in [2.45, 2.75) is 26.4 Å². The second-order valence-corrected chi connectivity index (χ2v) is 7.88. The average molecular weight is 383 g/mol. The van der Waals surface area contributed by atoms with E-state index in [4.69, 9.17) is 18.9 Å². The molecule has 141 valence electrons. The van der Waals surface area contributed by atoms with E-state index < -0.39 is 0 Å². The molecule has 2 aromatic carbocycles. The minimum absolute atomic E-state index is 0. The molecule has 5 nitrogen and oxygen atoms in total. The molecule has 1 atom stereocenters. The molecular weight excluding hydrogens is 358 g/mol. The van der Waals surface area contributed by atoms with Crippen LogP contribution in [0.4, 0.5) is 0 Å². The van der Waals surface area contributed by atoms with Gasteiger partial charge in [0.25, 0.3) is 0 Å². The molecular formula is C20H25LiO5P. The first kappa shape index (κ1) is 23.4. The Balaban J connectivity index is 0.00000364. The molecule has 0 aliphatic rings. The van der Waals surface area contributed by atoms with Crippen LogP contribution < -0.4 is 24.3 Å². The van der Waals surface area contributed by atoms with Gasteiger partial charge in [0.2, 0.25) is 0 Å². The number of carbonyl (C=O) groups is 1. The fraction of sp³-hybridized carbons (Fsp3) is 0.350. The van der Waals surface area contributed by atoms with Crippen LogP contribution >= 0.6 is 8.58 Å². The van der Waals surface area contributed by atoms with Crippen molar-refractivity contribution in [2.75, 3.05) is 21.3 Å². The third kappa shape index (κ3) is 6.47. The molecule has 0 saturated carbocycles. The number of rotatable bonds is 7. The molecule has 0 heterocycles. The predicted octanol–water partition coefficient (Wildman–Crippen LogP) is 3.65. The largest absolute Gasteiger partial charge is 0.496 e. The van der Waals surface area contributed by atoms with Crippen LogP contribution in [0.25, 0.3) is 0 Å². The fourth-order valence-corrected chi connectivity index (χ4v) is 3.35. The van der Waals surface area contributed by atoms with E-state index in [1.807, 2.05) is 45.0 Å². The first-order valence-electron chi connectivity index (χ1n) is 8.18. The fourth-order valence-electron chi connectivity index (χ4n) is 2.38. The minimum Gasteiger partial charge on any atom is -0.496 e. The summed E-state index contributed by atoms with van der Waals surface area (Å²) in [7, 11) is 4.54. The van der Waals surface area contributed by atoms with Gasteiger partial charge < -0.3 is 18.9 Å². The zero-order valence-electron chi connectivity index (χ0n) is 17.0. The van der Waals surface area contributed by atoms with Crippen LogP contribution in [0.15, 0.2) is 36.4 Å². The van der Waals surface area contributed by atoms with Crippen LogP contribution in [0, 0.1) is 0 Å². The van der Waals surface area contributed by atoms with Gasteiger partial charge in [-0.05, 0) is 46.8 Å². The van der Waals surface area contributed by atoms with Gasteiger partial charge in [0.05, 0.1) is 21.3 Å². The number of hydrogen-bond acceptors (Lipinski definition) is 5. The molecule has 0 aromatic heterocycles. The van der Waals surface area contributed by atoms with E-state index in [1.165, 1.54) is 14.2 Å². The number of benzene rings is 2. The van der Waals surface area contributed by atoms with Crippen molar-refractivity contribution in [3.8, 4) is 23.0 Å². The Morgan fingerprint density at radius 1 is 0.852 bits per heavy atom. The first-order chi connectivity index (χ1) is 12.3. The summed E-state index contributed by atoms with van der Waals surface area (Å²) >= 11 is 0. The monoisotopic (exact) mass is 383 g/mol. The molecule has 0 saturated heterocycles. The second kappa shape index (κ2) is 10.0. The van der Waals surface area contributed by atoms with E-state index in [0.29, 0.717) is 22.8 Å². The Bertz CT molecular complexity index is 744. The summed E-state index contributed by atoms with van der Waals surface area (Å²) in [4.78, 5) is 12.9. The molecule has 0 N–H and O–H groups in total. The smallest absolute Gasteiger partial charge is 0.193 e. The van der Waals surface area contributed by atoms with Gasteiger partial charge in [0.1, 0.15) is 34.2 Å². The van der Waals surface area contributed by atoms with Gasteiger partial charge in [0.15, 0.2) is 5.52 Å². The topological polar surface area (TPSA) is 54.0 Å². The van der Waals surface area contributed by atoms with Crippen molar-refractivity contribution in [1.29, 1.82) is 0 Å². The van der Waals surface area contributed by atoms with Crippen molar-refractivity contribution in [1.82, 2.24) is 0 Å². The Hall–Kier alpha value is -1.66. The summed E-state index contributed by atoms with van der Waals surface area (Å²) in [6.07, 6.45) is 0. The van der Waals surface area contributed by atoms with E-state index in [-0.39, 0.29) is 38.6 Å². The molecule has 0 bridgehead atoms. The van der Waals surface area contributed by atoms with Crippen molar-refractivity contribution in [3.63, 3.8) is 0 Å². The molecule has 0 fully saturated rings. The molecule has 0 aliphatic heterocycles. The Morgan fingerprint density at radius 2 is 1.37 bits per heavy atom. The number of carbonyl (C=O) groups excluding carboxylic acids is 1. The SMILES string of the molecule is COc1cc(OC)c(C(=O)Pc2ccc(OC(C)(C)C)cc2)c(OC)c1.[Li]. The van der Waals surface area contributed by atoms with Crippen LogP contribution in [0.1, 0.15) is 31.1 Å². The molecule has 1 unspecified atom stereocenters. The van der Waals surface area contributed by atoms with Gasteiger partial charge in [0, 0.05) is 31.0 Å². The summed E-state index contributed by atoms with van der Waals surface area (Å²) in [5, 5.41) is 0.913. The van der Waals surface area contributed by atoms with Gasteiger partial charge in [-0.2, -0.15) is 0 Å². The zero-order valence-corrected chi connectivity index (χ0v) is 18.0. The van der Waals surface area contributed by atoms with Crippen LogP contribution in [0.5, 0.6) is 23.0 Å². The molecule has 0 amide bonds. The molecule has 1 radical (unpaired) electrons. The third-order valence-corrected chi connectivity index (χ3v) is 4.58. The quantitative estimate of drug-likeness (QED) is 0.540. The molecule has 2 aromatic rings. The maximum atomic E-state index is 12.9. The summed E-state index contributed by atoms with van der Waals surface area (Å²) in [6, 6.07) is 10.9. The molecule has 0 aliphatic carbocycles. The van der Waals surface area contributed by atoms with Crippen LogP contribution in [0.2, 0.25) is 0 Å². The summed E-state index contributed by atoms with van der Waals surface area (Å²) in [5.41, 5.74) is 0.0960. The van der Waals surface area contributed by atoms with Crippen LogP contribution in [0.3, 0.4) is 0 Å². The molecule has 27 heavy (non-hydrogen) atoms. The molecule has 7 heteroatoms. The average Bonchev–Trinajstić information content (AvgIpc) is 2.60. The summed E-state index contributed by atoms with van der Waals surface area (Å²) in [6.45, 7) is 5.98. The third-order valence-electron chi connectivity index (χ3n) is 3.48. The van der Waals surface area contributed by atoms with E-state index in [0.717, 1.165) is 11.1 Å². The van der Waals surface area contributed by atoms with Crippen molar-refractivity contribution < 1.29 is 23.7 Å². The number of ether oxygens (including phenoxy) is 4. The predicted molar refractivity (Wildman–Crippen MR) is 111 cm³/mol. The Kier molecular flexibility index (Phi) is 8.69. The Morgan fingerprint density at radius 3 is 1.78 bits per heavy atom. The Labute approximate surface area is 174 Å². The van der Waals surface area contributed by atoms with Gasteiger partial charge in [-0.3, -0.25) is 4.79 Å². The van der Waals surface area contributed by atoms with Crippen molar-refractivity contribution in [3.05, 3.63) is 42.0 Å². The summed E-state index contributed by atoms with van der Waals surface area (Å²) < 4.78 is 21.8. The van der Waals surface area contributed by atoms with Crippen LogP contribution in [-0.4, -0.2) is 51.3 Å². The van der Waals surface area contributed by atoms with E-state index in [1.54, 1.807) is 19.2 Å². The first-order valence-corrected chi connectivity index (χ1v) is 9.18. The van der Waals surface area contributed by atoms with Crippen molar-refractivity contribution in [2.24, 2.45) is 0 Å². The van der Waals surface area contributed by atoms with Gasteiger partial charge in [-0.15, -0.1) is 0 Å². The van der Waals surface area contributed by atoms with Gasteiger partial charge in [-0.25, -0.2) is 0 Å². The van der Waals surface area contributed by atoms with Crippen molar-refractivity contribution >= 4 is 38.3 Å². The minimum atomic E-state index is -0.260. The number of methoxy groups -OCH3 is 3. The van der Waals surface area contributed by atoms with Gasteiger partial charge in [-0.1, -0.05) is 12.1 Å². The maximum Gasteiger partial charge on any atom is 0.193 e. The maximum absolute atomic E-state index is 12.9. The second-order valence-electron chi connectivity index (χ2n) is 6.60. The molecule has 0 spiro atoms. The van der Waals surface area contributed by atoms with E-state index in [9.17, 15) is 4.79 Å². The van der Waals surface area contributed by atoms with E-state index >= 15 is 0 Å².